The second-order valence-electron chi connectivity index (χ2n) is 8.98. The molecule has 1 atom stereocenters. The molecule has 3 aromatic rings. The van der Waals surface area contributed by atoms with Crippen molar-refractivity contribution in [3.05, 3.63) is 88.7 Å². The minimum atomic E-state index is -4.49. The van der Waals surface area contributed by atoms with E-state index in [2.05, 4.69) is 10.4 Å². The number of hydrogen-bond donors (Lipinski definition) is 1. The smallest absolute Gasteiger partial charge is 0.383 e. The first-order chi connectivity index (χ1) is 18.6. The maximum atomic E-state index is 13.6. The molecule has 0 bridgehead atoms. The van der Waals surface area contributed by atoms with Crippen molar-refractivity contribution in [1.29, 1.82) is 0 Å². The van der Waals surface area contributed by atoms with Crippen molar-refractivity contribution in [3.63, 3.8) is 0 Å². The Bertz CT molecular complexity index is 1340. The number of hydrazone groups is 1. The minimum absolute atomic E-state index is 0.0720. The van der Waals surface area contributed by atoms with Gasteiger partial charge in [-0.05, 0) is 54.1 Å². The number of aromatic nitrogens is 1. The van der Waals surface area contributed by atoms with Gasteiger partial charge in [0.05, 0.1) is 29.6 Å². The zero-order chi connectivity index (χ0) is 28.2. The third-order valence-corrected chi connectivity index (χ3v) is 6.55. The number of carbonyl (C=O) groups is 2. The molecule has 206 valence electrons. The summed E-state index contributed by atoms with van der Waals surface area (Å²) in [6.07, 6.45) is -2.15. The average Bonchev–Trinajstić information content (AvgIpc) is 3.53. The van der Waals surface area contributed by atoms with E-state index in [-0.39, 0.29) is 25.4 Å². The van der Waals surface area contributed by atoms with Crippen molar-refractivity contribution < 1.29 is 27.5 Å². The number of urea groups is 1. The molecule has 0 saturated heterocycles. The number of carbonyl (C=O) groups excluding carboxylic acids is 2. The highest BCUT2D eigenvalue weighted by Crippen LogP contribution is 2.34. The van der Waals surface area contributed by atoms with E-state index in [1.807, 2.05) is 42.1 Å². The second kappa shape index (κ2) is 11.9. The Morgan fingerprint density at radius 3 is 2.41 bits per heavy atom. The molecular weight excluding hydrogens is 535 g/mol. The van der Waals surface area contributed by atoms with Gasteiger partial charge in [-0.1, -0.05) is 23.7 Å². The summed E-state index contributed by atoms with van der Waals surface area (Å²) in [7, 11) is 3.35. The SMILES string of the molecule is COCCN(CC(=O)N1N=C(c2cccn2C)C[C@H]1c1ccc(Cl)cc1)C(=O)Nc1ccc(C(F)(F)F)cc1. The standard InChI is InChI=1S/C27H27ClF3N5O3/c1-34-13-3-4-23(34)22-16-24(18-5-9-20(28)10-6-18)36(33-22)25(37)17-35(14-15-39-2)26(38)32-21-11-7-19(8-12-21)27(29,30)31/h3-13,24H,14-17H2,1-2H3,(H,32,38)/t24-/m0/s1. The third kappa shape index (κ3) is 6.79. The molecule has 0 fully saturated rings. The van der Waals surface area contributed by atoms with Crippen LogP contribution in [-0.4, -0.2) is 58.9 Å². The molecule has 3 amide bonds. The van der Waals surface area contributed by atoms with Gasteiger partial charge in [0.25, 0.3) is 5.91 Å². The van der Waals surface area contributed by atoms with E-state index >= 15 is 0 Å². The minimum Gasteiger partial charge on any atom is -0.383 e. The van der Waals surface area contributed by atoms with Gasteiger partial charge in [0.1, 0.15) is 6.54 Å². The van der Waals surface area contributed by atoms with Crippen LogP contribution < -0.4 is 5.32 Å². The molecule has 0 spiro atoms. The Balaban J connectivity index is 1.55. The van der Waals surface area contributed by atoms with Gasteiger partial charge in [-0.25, -0.2) is 9.80 Å². The first kappa shape index (κ1) is 28.2. The van der Waals surface area contributed by atoms with Crippen LogP contribution >= 0.6 is 11.6 Å². The van der Waals surface area contributed by atoms with Gasteiger partial charge < -0.3 is 19.5 Å². The molecule has 2 heterocycles. The van der Waals surface area contributed by atoms with E-state index in [1.165, 1.54) is 17.0 Å². The van der Waals surface area contributed by atoms with Crippen LogP contribution in [0.5, 0.6) is 0 Å². The molecule has 1 aliphatic rings. The fourth-order valence-electron chi connectivity index (χ4n) is 4.24. The van der Waals surface area contributed by atoms with Crippen LogP contribution in [0.25, 0.3) is 0 Å². The molecule has 1 aromatic heterocycles. The highest BCUT2D eigenvalue weighted by molar-refractivity contribution is 6.30. The monoisotopic (exact) mass is 561 g/mol. The van der Waals surface area contributed by atoms with Crippen molar-refractivity contribution >= 4 is 34.9 Å². The molecule has 39 heavy (non-hydrogen) atoms. The predicted octanol–water partition coefficient (Wildman–Crippen LogP) is 5.56. The number of amides is 3. The number of alkyl halides is 3. The summed E-state index contributed by atoms with van der Waals surface area (Å²) in [5.41, 5.74) is 1.74. The van der Waals surface area contributed by atoms with E-state index in [1.54, 1.807) is 12.1 Å². The Labute approximate surface area is 228 Å². The molecule has 1 N–H and O–H groups in total. The molecule has 2 aromatic carbocycles. The van der Waals surface area contributed by atoms with Gasteiger partial charge in [-0.15, -0.1) is 0 Å². The van der Waals surface area contributed by atoms with E-state index in [0.29, 0.717) is 17.2 Å². The first-order valence-electron chi connectivity index (χ1n) is 12.1. The lowest BCUT2D eigenvalue weighted by atomic mass is 10.0. The second-order valence-corrected chi connectivity index (χ2v) is 9.42. The highest BCUT2D eigenvalue weighted by atomic mass is 35.5. The van der Waals surface area contributed by atoms with Crippen LogP contribution in [0.3, 0.4) is 0 Å². The average molecular weight is 562 g/mol. The Morgan fingerprint density at radius 2 is 1.82 bits per heavy atom. The number of nitrogens with zero attached hydrogens (tertiary/aromatic N) is 4. The third-order valence-electron chi connectivity index (χ3n) is 6.30. The number of benzene rings is 2. The van der Waals surface area contributed by atoms with Crippen LogP contribution in [0.15, 0.2) is 72.0 Å². The van der Waals surface area contributed by atoms with Crippen LogP contribution in [0.2, 0.25) is 5.02 Å². The number of nitrogens with one attached hydrogen (secondary N) is 1. The quantitative estimate of drug-likeness (QED) is 0.391. The van der Waals surface area contributed by atoms with Crippen molar-refractivity contribution in [2.24, 2.45) is 12.1 Å². The summed E-state index contributed by atoms with van der Waals surface area (Å²) in [4.78, 5) is 27.9. The van der Waals surface area contributed by atoms with Crippen LogP contribution in [0.1, 0.15) is 29.3 Å². The number of rotatable bonds is 8. The van der Waals surface area contributed by atoms with Crippen LogP contribution in [0, 0.1) is 0 Å². The molecule has 0 radical (unpaired) electrons. The summed E-state index contributed by atoms with van der Waals surface area (Å²) in [6, 6.07) is 13.9. The summed E-state index contributed by atoms with van der Waals surface area (Å²) >= 11 is 6.07. The zero-order valence-corrected chi connectivity index (χ0v) is 22.0. The van der Waals surface area contributed by atoms with Gasteiger partial charge >= 0.3 is 12.2 Å². The normalized spacial score (nSPS) is 15.3. The number of ether oxygens (including phenoxy) is 1. The topological polar surface area (TPSA) is 79.2 Å². The fourth-order valence-corrected chi connectivity index (χ4v) is 4.36. The van der Waals surface area contributed by atoms with Gasteiger partial charge in [-0.2, -0.15) is 18.3 Å². The van der Waals surface area contributed by atoms with Crippen molar-refractivity contribution in [2.75, 3.05) is 32.1 Å². The van der Waals surface area contributed by atoms with Crippen molar-refractivity contribution in [3.8, 4) is 0 Å². The Kier molecular flexibility index (Phi) is 8.61. The highest BCUT2D eigenvalue weighted by Gasteiger charge is 2.35. The van der Waals surface area contributed by atoms with Crippen molar-refractivity contribution in [2.45, 2.75) is 18.6 Å². The summed E-state index contributed by atoms with van der Waals surface area (Å²) in [5.74, 6) is -0.433. The fraction of sp³-hybridized carbons (Fsp3) is 0.296. The molecule has 0 saturated carbocycles. The number of aryl methyl sites for hydroxylation is 1. The maximum absolute atomic E-state index is 13.6. The Morgan fingerprint density at radius 1 is 1.13 bits per heavy atom. The molecule has 8 nitrogen and oxygen atoms in total. The molecule has 0 unspecified atom stereocenters. The molecule has 1 aliphatic heterocycles. The van der Waals surface area contributed by atoms with Gasteiger partial charge in [-0.3, -0.25) is 4.79 Å². The molecular formula is C27H27ClF3N5O3. The lowest BCUT2D eigenvalue weighted by Gasteiger charge is -2.27. The number of anilines is 1. The van der Waals surface area contributed by atoms with Crippen molar-refractivity contribution in [1.82, 2.24) is 14.5 Å². The number of methoxy groups -OCH3 is 1. The van der Waals surface area contributed by atoms with Gasteiger partial charge in [0, 0.05) is 44.0 Å². The summed E-state index contributed by atoms with van der Waals surface area (Å²) in [6.45, 7) is -0.113. The Hall–Kier alpha value is -3.83. The predicted molar refractivity (Wildman–Crippen MR) is 142 cm³/mol. The molecule has 12 heteroatoms. The van der Waals surface area contributed by atoms with Gasteiger partial charge in [0.2, 0.25) is 0 Å². The lowest BCUT2D eigenvalue weighted by molar-refractivity contribution is -0.137. The van der Waals surface area contributed by atoms with E-state index < -0.39 is 29.7 Å². The van der Waals surface area contributed by atoms with E-state index in [9.17, 15) is 22.8 Å². The molecule has 0 aliphatic carbocycles. The number of halogens is 4. The lowest BCUT2D eigenvalue weighted by Crippen LogP contribution is -2.44. The largest absolute Gasteiger partial charge is 0.416 e. The molecule has 4 rings (SSSR count). The van der Waals surface area contributed by atoms with Crippen LogP contribution in [0.4, 0.5) is 23.7 Å². The van der Waals surface area contributed by atoms with E-state index in [0.717, 1.165) is 35.5 Å². The van der Waals surface area contributed by atoms with Crippen LogP contribution in [-0.2, 0) is 22.8 Å². The number of hydrogen-bond acceptors (Lipinski definition) is 4. The maximum Gasteiger partial charge on any atom is 0.416 e. The van der Waals surface area contributed by atoms with E-state index in [4.69, 9.17) is 16.3 Å². The van der Waals surface area contributed by atoms with Gasteiger partial charge in [0.15, 0.2) is 0 Å². The summed E-state index contributed by atoms with van der Waals surface area (Å²) in [5, 5.41) is 9.12. The summed E-state index contributed by atoms with van der Waals surface area (Å²) < 4.78 is 45.7. The first-order valence-corrected chi connectivity index (χ1v) is 12.4. The zero-order valence-electron chi connectivity index (χ0n) is 21.3.